The molecule has 230 valence electrons. The predicted octanol–water partition coefficient (Wildman–Crippen LogP) is 8.42. The molecule has 8 bridgehead atoms. The summed E-state index contributed by atoms with van der Waals surface area (Å²) in [5.74, 6) is 5.40. The standard InChI is InChI=1S/C35H41N5OS3/c1-2-42-18-26(1)29-8-28(40-41-29)16-36-35-14-24-6-25(15-35)10-33(9-24,20-35)27-7-30(43-19-27)32-39-38-31(44-32)17-37-34-11-21-3-22(12-34)5-23(4-21)13-34/h1-2,7-8,18-19,21-25,36-37H,3-6,9-17,20H2. The zero-order chi connectivity index (χ0) is 28.9. The number of thiophene rings is 2. The highest BCUT2D eigenvalue weighted by Crippen LogP contribution is 2.63. The largest absolute Gasteiger partial charge is 0.356 e. The van der Waals surface area contributed by atoms with E-state index in [0.29, 0.717) is 5.54 Å². The summed E-state index contributed by atoms with van der Waals surface area (Å²) in [6.07, 6.45) is 16.5. The van der Waals surface area contributed by atoms with Gasteiger partial charge in [0.2, 0.25) is 0 Å². The third-order valence-electron chi connectivity index (χ3n) is 12.6. The Morgan fingerprint density at radius 3 is 2.27 bits per heavy atom. The molecule has 4 aromatic rings. The molecule has 0 radical (unpaired) electrons. The Kier molecular flexibility index (Phi) is 6.21. The van der Waals surface area contributed by atoms with Crippen LogP contribution >= 0.6 is 34.0 Å². The molecule has 44 heavy (non-hydrogen) atoms. The van der Waals surface area contributed by atoms with E-state index < -0.39 is 0 Å². The Labute approximate surface area is 271 Å². The second-order valence-corrected chi connectivity index (χ2v) is 18.6. The summed E-state index contributed by atoms with van der Waals surface area (Å²) in [4.78, 5) is 1.31. The molecule has 0 spiro atoms. The number of nitrogens with zero attached hydrogens (tertiary/aromatic N) is 3. The van der Waals surface area contributed by atoms with Crippen molar-refractivity contribution in [2.24, 2.45) is 29.6 Å². The van der Waals surface area contributed by atoms with Crippen molar-refractivity contribution < 1.29 is 4.52 Å². The molecule has 4 heterocycles. The van der Waals surface area contributed by atoms with Crippen molar-refractivity contribution in [2.45, 2.75) is 107 Å². The number of nitrogens with one attached hydrogen (secondary N) is 2. The van der Waals surface area contributed by atoms with Gasteiger partial charge >= 0.3 is 0 Å². The van der Waals surface area contributed by atoms with Gasteiger partial charge < -0.3 is 15.2 Å². The van der Waals surface area contributed by atoms with Crippen molar-refractivity contribution >= 4 is 34.0 Å². The van der Waals surface area contributed by atoms with Crippen molar-refractivity contribution in [1.82, 2.24) is 26.0 Å². The van der Waals surface area contributed by atoms with E-state index in [1.165, 1.54) is 81.9 Å². The Balaban J connectivity index is 0.838. The predicted molar refractivity (Wildman–Crippen MR) is 177 cm³/mol. The molecule has 2 unspecified atom stereocenters. The van der Waals surface area contributed by atoms with Crippen LogP contribution in [0.15, 0.2) is 38.9 Å². The Bertz CT molecular complexity index is 1620. The number of hydrogen-bond donors (Lipinski definition) is 2. The van der Waals surface area contributed by atoms with E-state index in [4.69, 9.17) is 9.62 Å². The molecule has 0 saturated heterocycles. The van der Waals surface area contributed by atoms with E-state index in [1.54, 1.807) is 16.9 Å². The smallest absolute Gasteiger partial charge is 0.168 e. The van der Waals surface area contributed by atoms with Gasteiger partial charge in [0.05, 0.1) is 17.1 Å². The maximum atomic E-state index is 5.69. The lowest BCUT2D eigenvalue weighted by Crippen LogP contribution is -2.63. The topological polar surface area (TPSA) is 75.9 Å². The molecule has 8 aliphatic carbocycles. The molecule has 2 atom stereocenters. The third-order valence-corrected chi connectivity index (χ3v) is 15.3. The molecule has 0 aromatic carbocycles. The normalized spacial score (nSPS) is 38.2. The third kappa shape index (κ3) is 4.62. The van der Waals surface area contributed by atoms with Crippen LogP contribution in [0.1, 0.15) is 93.3 Å². The first kappa shape index (κ1) is 27.2. The van der Waals surface area contributed by atoms with E-state index in [9.17, 15) is 0 Å². The fourth-order valence-corrected chi connectivity index (χ4v) is 14.3. The van der Waals surface area contributed by atoms with Gasteiger partial charge in [-0.25, -0.2) is 0 Å². The quantitative estimate of drug-likeness (QED) is 0.191. The number of rotatable bonds is 9. The molecule has 0 amide bonds. The molecule has 0 aliphatic heterocycles. The second-order valence-electron chi connectivity index (χ2n) is 15.8. The maximum absolute atomic E-state index is 5.69. The molecular formula is C35H41N5OS3. The summed E-state index contributed by atoms with van der Waals surface area (Å²) in [5, 5.41) is 30.8. The fraction of sp³-hybridized carbons (Fsp3) is 0.629. The summed E-state index contributed by atoms with van der Waals surface area (Å²) >= 11 is 5.39. The fourth-order valence-electron chi connectivity index (χ4n) is 11.8. The van der Waals surface area contributed by atoms with Crippen LogP contribution in [0.2, 0.25) is 0 Å². The summed E-state index contributed by atoms with van der Waals surface area (Å²) in [6, 6.07) is 6.71. The lowest BCUT2D eigenvalue weighted by Gasteiger charge is -2.62. The highest BCUT2D eigenvalue weighted by atomic mass is 32.1. The average Bonchev–Trinajstić information content (AvgIpc) is 3.81. The lowest BCUT2D eigenvalue weighted by molar-refractivity contribution is -0.0416. The summed E-state index contributed by atoms with van der Waals surface area (Å²) in [5.41, 5.74) is 4.55. The monoisotopic (exact) mass is 643 g/mol. The van der Waals surface area contributed by atoms with E-state index in [0.717, 1.165) is 69.7 Å². The molecular weight excluding hydrogens is 603 g/mol. The van der Waals surface area contributed by atoms with Gasteiger partial charge in [0.15, 0.2) is 10.8 Å². The van der Waals surface area contributed by atoms with Crippen LogP contribution in [-0.2, 0) is 18.5 Å². The van der Waals surface area contributed by atoms with Crippen molar-refractivity contribution in [3.05, 3.63) is 50.6 Å². The van der Waals surface area contributed by atoms with Crippen LogP contribution in [0.4, 0.5) is 0 Å². The van der Waals surface area contributed by atoms with Crippen LogP contribution in [0.25, 0.3) is 21.2 Å². The minimum atomic E-state index is 0.201. The van der Waals surface area contributed by atoms with Gasteiger partial charge in [0.25, 0.3) is 0 Å². The highest BCUT2D eigenvalue weighted by Gasteiger charge is 2.58. The Hall–Kier alpha value is -1.91. The van der Waals surface area contributed by atoms with E-state index in [2.05, 4.69) is 55.2 Å². The Morgan fingerprint density at radius 1 is 0.795 bits per heavy atom. The number of hydrogen-bond acceptors (Lipinski definition) is 9. The van der Waals surface area contributed by atoms with Crippen molar-refractivity contribution in [3.8, 4) is 21.2 Å². The van der Waals surface area contributed by atoms with Crippen molar-refractivity contribution in [1.29, 1.82) is 0 Å². The maximum Gasteiger partial charge on any atom is 0.168 e. The zero-order valence-corrected chi connectivity index (χ0v) is 27.7. The summed E-state index contributed by atoms with van der Waals surface area (Å²) in [7, 11) is 0. The highest BCUT2D eigenvalue weighted by molar-refractivity contribution is 7.20. The number of aromatic nitrogens is 3. The molecule has 6 nitrogen and oxygen atoms in total. The summed E-state index contributed by atoms with van der Waals surface area (Å²) < 4.78 is 5.69. The minimum Gasteiger partial charge on any atom is -0.356 e. The molecule has 8 aliphatic rings. The second kappa shape index (κ2) is 10.0. The molecule has 8 fully saturated rings. The molecule has 2 N–H and O–H groups in total. The first-order valence-electron chi connectivity index (χ1n) is 16.9. The molecule has 12 rings (SSSR count). The average molecular weight is 644 g/mol. The molecule has 9 heteroatoms. The van der Waals surface area contributed by atoms with Gasteiger partial charge in [0, 0.05) is 34.6 Å². The molecule has 4 aromatic heterocycles. The van der Waals surface area contributed by atoms with Crippen LogP contribution < -0.4 is 10.6 Å². The SMILES string of the molecule is c1cc(-c2cc(CNC34CC5CC(C3)CC(c3csc(-c6nnc(CNC78CC9CC(CC(C9)C7)C8)s6)c3)(C5)C4)no2)cs1. The minimum absolute atomic E-state index is 0.201. The van der Waals surface area contributed by atoms with Crippen molar-refractivity contribution in [3.63, 3.8) is 0 Å². The van der Waals surface area contributed by atoms with Crippen LogP contribution in [0, 0.1) is 29.6 Å². The summed E-state index contributed by atoms with van der Waals surface area (Å²) in [6.45, 7) is 1.66. The van der Waals surface area contributed by atoms with Crippen LogP contribution in [0.5, 0.6) is 0 Å². The van der Waals surface area contributed by atoms with E-state index >= 15 is 0 Å². The van der Waals surface area contributed by atoms with Crippen LogP contribution in [0.3, 0.4) is 0 Å². The van der Waals surface area contributed by atoms with Crippen LogP contribution in [-0.4, -0.2) is 26.4 Å². The van der Waals surface area contributed by atoms with Gasteiger partial charge in [-0.15, -0.1) is 21.5 Å². The zero-order valence-electron chi connectivity index (χ0n) is 25.2. The first-order chi connectivity index (χ1) is 21.5. The van der Waals surface area contributed by atoms with Crippen molar-refractivity contribution in [2.75, 3.05) is 0 Å². The van der Waals surface area contributed by atoms with Gasteiger partial charge in [0.1, 0.15) is 5.01 Å². The Morgan fingerprint density at radius 2 is 1.52 bits per heavy atom. The van der Waals surface area contributed by atoms with E-state index in [-0.39, 0.29) is 11.0 Å². The van der Waals surface area contributed by atoms with Gasteiger partial charge in [-0.2, -0.15) is 11.3 Å². The van der Waals surface area contributed by atoms with Gasteiger partial charge in [-0.3, -0.25) is 0 Å². The van der Waals surface area contributed by atoms with E-state index in [1.807, 2.05) is 22.7 Å². The lowest BCUT2D eigenvalue weighted by atomic mass is 9.45. The van der Waals surface area contributed by atoms with Gasteiger partial charge in [-0.05, 0) is 141 Å². The first-order valence-corrected chi connectivity index (χ1v) is 19.5. The molecule has 8 saturated carbocycles. The van der Waals surface area contributed by atoms with Gasteiger partial charge in [-0.1, -0.05) is 16.5 Å².